The monoisotopic (exact) mass is 505 g/mol. The average Bonchev–Trinajstić information content (AvgIpc) is 2.90. The zero-order valence-corrected chi connectivity index (χ0v) is 20.8. The van der Waals surface area contributed by atoms with Crippen molar-refractivity contribution in [1.29, 1.82) is 0 Å². The number of nitrogens with one attached hydrogen (secondary N) is 2. The van der Waals surface area contributed by atoms with Gasteiger partial charge in [0.05, 0.1) is 5.69 Å². The molecule has 1 aliphatic heterocycles. The van der Waals surface area contributed by atoms with Crippen molar-refractivity contribution in [2.24, 2.45) is 0 Å². The van der Waals surface area contributed by atoms with Gasteiger partial charge in [0.25, 0.3) is 0 Å². The molecule has 0 atom stereocenters. The van der Waals surface area contributed by atoms with Crippen molar-refractivity contribution >= 4 is 41.1 Å². The van der Waals surface area contributed by atoms with E-state index < -0.39 is 0 Å². The smallest absolute Gasteiger partial charge is 0.246 e. The fourth-order valence-electron chi connectivity index (χ4n) is 3.74. The van der Waals surface area contributed by atoms with Crippen LogP contribution in [0.15, 0.2) is 60.8 Å². The van der Waals surface area contributed by atoms with Crippen LogP contribution >= 0.6 is 11.6 Å². The molecule has 4 rings (SSSR count). The highest BCUT2D eigenvalue weighted by atomic mass is 35.5. The lowest BCUT2D eigenvalue weighted by Gasteiger charge is -2.35. The third kappa shape index (κ3) is 7.02. The van der Waals surface area contributed by atoms with Gasteiger partial charge in [0.2, 0.25) is 11.8 Å². The Balaban J connectivity index is 1.45. The second kappa shape index (κ2) is 12.1. The second-order valence-corrected chi connectivity index (χ2v) is 8.69. The molecule has 0 unspecified atom stereocenters. The highest BCUT2D eigenvalue weighted by Gasteiger charge is 2.22. The summed E-state index contributed by atoms with van der Waals surface area (Å²) < 4.78 is 0. The molecule has 1 aliphatic rings. The number of hydrogen-bond acceptors (Lipinski definition) is 7. The summed E-state index contributed by atoms with van der Waals surface area (Å²) >= 11 is 6.05. The maximum Gasteiger partial charge on any atom is 0.246 e. The van der Waals surface area contributed by atoms with Gasteiger partial charge < -0.3 is 20.4 Å². The first-order valence-electron chi connectivity index (χ1n) is 11.7. The Kier molecular flexibility index (Phi) is 8.46. The molecule has 0 aliphatic carbocycles. The zero-order valence-electron chi connectivity index (χ0n) is 20.0. The number of carbonyl (C=O) groups is 2. The van der Waals surface area contributed by atoms with E-state index in [0.717, 1.165) is 17.1 Å². The van der Waals surface area contributed by atoms with E-state index in [-0.39, 0.29) is 11.8 Å². The van der Waals surface area contributed by atoms with Gasteiger partial charge in [-0.2, -0.15) is 0 Å². The number of carbonyl (C=O) groups excluding carboxylic acids is 2. The van der Waals surface area contributed by atoms with Crippen LogP contribution in [-0.2, 0) is 9.59 Å². The molecule has 1 saturated heterocycles. The molecule has 9 nitrogen and oxygen atoms in total. The minimum atomic E-state index is -0.0793. The first-order chi connectivity index (χ1) is 17.5. The van der Waals surface area contributed by atoms with Crippen molar-refractivity contribution in [1.82, 2.24) is 25.2 Å². The molecule has 3 heterocycles. The van der Waals surface area contributed by atoms with E-state index in [9.17, 15) is 9.59 Å². The van der Waals surface area contributed by atoms with Crippen molar-refractivity contribution in [3.8, 4) is 11.4 Å². The summed E-state index contributed by atoms with van der Waals surface area (Å²) in [6.07, 6.45) is 5.00. The average molecular weight is 506 g/mol. The fraction of sp³-hybridized carbons (Fsp3) is 0.269. The molecule has 10 heteroatoms. The molecule has 2 N–H and O–H groups in total. The van der Waals surface area contributed by atoms with Crippen LogP contribution in [0, 0.1) is 0 Å². The summed E-state index contributed by atoms with van der Waals surface area (Å²) in [5.74, 6) is 1.89. The summed E-state index contributed by atoms with van der Waals surface area (Å²) in [5, 5.41) is 6.67. The predicted molar refractivity (Wildman–Crippen MR) is 142 cm³/mol. The molecule has 0 saturated carbocycles. The van der Waals surface area contributed by atoms with Crippen LogP contribution < -0.4 is 15.5 Å². The summed E-state index contributed by atoms with van der Waals surface area (Å²) in [5.41, 5.74) is 1.60. The maximum absolute atomic E-state index is 12.6. The largest absolute Gasteiger partial charge is 0.368 e. The predicted octanol–water partition coefficient (Wildman–Crippen LogP) is 3.10. The van der Waals surface area contributed by atoms with Gasteiger partial charge in [-0.15, -0.1) is 0 Å². The first kappa shape index (κ1) is 25.1. The van der Waals surface area contributed by atoms with Gasteiger partial charge in [-0.05, 0) is 42.5 Å². The van der Waals surface area contributed by atoms with Crippen LogP contribution in [0.2, 0.25) is 5.02 Å². The van der Waals surface area contributed by atoms with Gasteiger partial charge in [-0.3, -0.25) is 14.6 Å². The number of nitrogens with zero attached hydrogens (tertiary/aromatic N) is 5. The number of aromatic nitrogens is 3. The van der Waals surface area contributed by atoms with E-state index in [4.69, 9.17) is 16.6 Å². The van der Waals surface area contributed by atoms with E-state index in [1.54, 1.807) is 30.5 Å². The quantitative estimate of drug-likeness (QED) is 0.358. The normalized spacial score (nSPS) is 13.6. The molecular weight excluding hydrogens is 478 g/mol. The lowest BCUT2D eigenvalue weighted by atomic mass is 10.2. The topological polar surface area (TPSA) is 103 Å². The third-order valence-electron chi connectivity index (χ3n) is 5.62. The van der Waals surface area contributed by atoms with Crippen LogP contribution in [0.25, 0.3) is 17.5 Å². The number of amides is 2. The number of pyridine rings is 1. The lowest BCUT2D eigenvalue weighted by Crippen LogP contribution is -2.48. The molecule has 0 spiro atoms. The number of halogens is 1. The van der Waals surface area contributed by atoms with E-state index >= 15 is 0 Å². The summed E-state index contributed by atoms with van der Waals surface area (Å²) in [7, 11) is 0. The maximum atomic E-state index is 12.6. The molecule has 2 aromatic heterocycles. The first-order valence-corrected chi connectivity index (χ1v) is 12.1. The van der Waals surface area contributed by atoms with E-state index in [0.29, 0.717) is 55.9 Å². The van der Waals surface area contributed by atoms with Crippen LogP contribution in [0.1, 0.15) is 12.6 Å². The van der Waals surface area contributed by atoms with Crippen LogP contribution in [0.3, 0.4) is 0 Å². The minimum absolute atomic E-state index is 0.0369. The number of benzene rings is 1. The Labute approximate surface area is 215 Å². The molecule has 1 fully saturated rings. The lowest BCUT2D eigenvalue weighted by molar-refractivity contribution is -0.126. The fourth-order valence-corrected chi connectivity index (χ4v) is 3.86. The zero-order chi connectivity index (χ0) is 25.3. The molecule has 3 aromatic rings. The molecule has 36 heavy (non-hydrogen) atoms. The Morgan fingerprint density at radius 3 is 2.50 bits per heavy atom. The van der Waals surface area contributed by atoms with E-state index in [2.05, 4.69) is 25.5 Å². The SMILES string of the molecule is CC(=O)NCCNc1cc(N2CCN(C(=O)C=Cc3ccccn3)CC2)nc(-c2ccc(Cl)cc2)n1. The highest BCUT2D eigenvalue weighted by Crippen LogP contribution is 2.24. The van der Waals surface area contributed by atoms with Crippen molar-refractivity contribution < 1.29 is 9.59 Å². The summed E-state index contributed by atoms with van der Waals surface area (Å²) in [6, 6.07) is 14.9. The highest BCUT2D eigenvalue weighted by molar-refractivity contribution is 6.30. The molecular formula is C26H28ClN7O2. The summed E-state index contributed by atoms with van der Waals surface area (Å²) in [4.78, 5) is 41.4. The molecule has 186 valence electrons. The van der Waals surface area contributed by atoms with Gasteiger partial charge in [0, 0.05) is 75.1 Å². The standard InChI is InChI=1S/C26H28ClN7O2/c1-19(35)28-12-13-30-23-18-24(32-26(31-23)20-5-7-21(27)8-6-20)33-14-16-34(17-15-33)25(36)10-9-22-4-2-3-11-29-22/h2-11,18H,12-17H2,1H3,(H,28,35)(H,30,31,32). The second-order valence-electron chi connectivity index (χ2n) is 8.25. The van der Waals surface area contributed by atoms with Crippen LogP contribution in [-0.4, -0.2) is 70.9 Å². The van der Waals surface area contributed by atoms with E-state index in [1.165, 1.54) is 6.92 Å². The molecule has 0 radical (unpaired) electrons. The molecule has 1 aromatic carbocycles. The van der Waals surface area contributed by atoms with Crippen molar-refractivity contribution in [3.05, 3.63) is 71.5 Å². The van der Waals surface area contributed by atoms with Crippen LogP contribution in [0.4, 0.5) is 11.6 Å². The minimum Gasteiger partial charge on any atom is -0.368 e. The number of piperazine rings is 1. The van der Waals surface area contributed by atoms with Crippen molar-refractivity contribution in [2.45, 2.75) is 6.92 Å². The Hall–Kier alpha value is -3.98. The number of rotatable bonds is 8. The van der Waals surface area contributed by atoms with Crippen LogP contribution in [0.5, 0.6) is 0 Å². The van der Waals surface area contributed by atoms with Gasteiger partial charge >= 0.3 is 0 Å². The Morgan fingerprint density at radius 2 is 1.81 bits per heavy atom. The van der Waals surface area contributed by atoms with Gasteiger partial charge in [0.1, 0.15) is 11.6 Å². The van der Waals surface area contributed by atoms with Crippen molar-refractivity contribution in [3.63, 3.8) is 0 Å². The third-order valence-corrected chi connectivity index (χ3v) is 5.87. The van der Waals surface area contributed by atoms with E-state index in [1.807, 2.05) is 41.3 Å². The van der Waals surface area contributed by atoms with Gasteiger partial charge in [-0.1, -0.05) is 17.7 Å². The van der Waals surface area contributed by atoms with Gasteiger partial charge in [0.15, 0.2) is 5.82 Å². The Bertz CT molecular complexity index is 1210. The Morgan fingerprint density at radius 1 is 1.03 bits per heavy atom. The molecule has 2 amide bonds. The van der Waals surface area contributed by atoms with Crippen molar-refractivity contribution in [2.75, 3.05) is 49.5 Å². The van der Waals surface area contributed by atoms with Gasteiger partial charge in [-0.25, -0.2) is 9.97 Å². The molecule has 0 bridgehead atoms. The number of anilines is 2. The number of hydrogen-bond donors (Lipinski definition) is 2. The summed E-state index contributed by atoms with van der Waals surface area (Å²) in [6.45, 7) is 4.95.